The Labute approximate surface area is 276 Å². The van der Waals surface area contributed by atoms with Gasteiger partial charge in [-0.1, -0.05) is 18.9 Å². The molecule has 0 radical (unpaired) electrons. The molecule has 11 heteroatoms. The van der Waals surface area contributed by atoms with Crippen molar-refractivity contribution < 1.29 is 13.2 Å². The van der Waals surface area contributed by atoms with Crippen LogP contribution < -0.4 is 14.5 Å². The van der Waals surface area contributed by atoms with Crippen LogP contribution in [0.15, 0.2) is 59.9 Å². The van der Waals surface area contributed by atoms with Gasteiger partial charge in [-0.2, -0.15) is 0 Å². The lowest BCUT2D eigenvalue weighted by Gasteiger charge is -2.41. The number of aromatic nitrogens is 3. The average Bonchev–Trinajstić information content (AvgIpc) is 3.31. The summed E-state index contributed by atoms with van der Waals surface area (Å²) in [5, 5.41) is 0.967. The summed E-state index contributed by atoms with van der Waals surface area (Å²) in [6, 6.07) is 11.8. The number of rotatable bonds is 6. The third-order valence-corrected chi connectivity index (χ3v) is 12.3. The van der Waals surface area contributed by atoms with Gasteiger partial charge in [-0.25, -0.2) is 13.4 Å². The molecule has 1 saturated carbocycles. The van der Waals surface area contributed by atoms with Crippen molar-refractivity contribution in [2.24, 2.45) is 0 Å². The highest BCUT2D eigenvalue weighted by Gasteiger charge is 2.54. The van der Waals surface area contributed by atoms with Crippen molar-refractivity contribution >= 4 is 44.0 Å². The van der Waals surface area contributed by atoms with Gasteiger partial charge in [0.05, 0.1) is 28.5 Å². The van der Waals surface area contributed by atoms with E-state index >= 15 is 0 Å². The van der Waals surface area contributed by atoms with Crippen molar-refractivity contribution in [3.8, 4) is 11.1 Å². The minimum Gasteiger partial charge on any atom is -0.355 e. The van der Waals surface area contributed by atoms with Gasteiger partial charge in [-0.05, 0) is 94.4 Å². The normalized spacial score (nSPS) is 20.1. The Morgan fingerprint density at radius 2 is 1.64 bits per heavy atom. The van der Waals surface area contributed by atoms with E-state index in [1.165, 1.54) is 38.5 Å². The lowest BCUT2D eigenvalue weighted by Crippen LogP contribution is -2.47. The number of fused-ring (bicyclic) bond motifs is 4. The van der Waals surface area contributed by atoms with Crippen LogP contribution in [0.5, 0.6) is 0 Å². The number of anilines is 3. The van der Waals surface area contributed by atoms with Crippen molar-refractivity contribution in [1.82, 2.24) is 19.9 Å². The Kier molecular flexibility index (Phi) is 7.44. The molecule has 1 spiro atoms. The van der Waals surface area contributed by atoms with E-state index in [9.17, 15) is 13.2 Å². The van der Waals surface area contributed by atoms with Gasteiger partial charge in [0.15, 0.2) is 5.82 Å². The monoisotopic (exact) mass is 651 g/mol. The molecule has 1 aliphatic carbocycles. The molecule has 47 heavy (non-hydrogen) atoms. The van der Waals surface area contributed by atoms with Gasteiger partial charge in [0.25, 0.3) is 10.0 Å². The SMILES string of the molecule is Cc1ccc(S(=O)(=O)Nc2cc(-c3ccc4ncc5c(c4c3)C3(CCC3)C(=O)N5C)cnc2N2CCC(N3CCCCC3)CC2)cn1. The number of likely N-dealkylation sites (N-methyl/N-ethyl adjacent to an activating group) is 1. The molecule has 8 rings (SSSR count). The number of amides is 1. The van der Waals surface area contributed by atoms with Gasteiger partial charge in [-0.15, -0.1) is 0 Å². The van der Waals surface area contributed by atoms with Crippen molar-refractivity contribution in [3.05, 3.63) is 66.2 Å². The Morgan fingerprint density at radius 1 is 0.851 bits per heavy atom. The smallest absolute Gasteiger partial charge is 0.263 e. The van der Waals surface area contributed by atoms with E-state index < -0.39 is 15.4 Å². The zero-order chi connectivity index (χ0) is 32.3. The molecule has 4 aromatic rings. The molecule has 0 bridgehead atoms. The second kappa shape index (κ2) is 11.6. The molecule has 3 aliphatic heterocycles. The van der Waals surface area contributed by atoms with E-state index in [0.717, 1.165) is 84.2 Å². The van der Waals surface area contributed by atoms with Crippen LogP contribution in [0.25, 0.3) is 22.0 Å². The zero-order valence-corrected chi connectivity index (χ0v) is 27.9. The number of pyridine rings is 3. The topological polar surface area (TPSA) is 112 Å². The molecular formula is C36H41N7O3S. The molecule has 2 saturated heterocycles. The first kappa shape index (κ1) is 30.3. The van der Waals surface area contributed by atoms with Crippen LogP contribution in [0, 0.1) is 6.92 Å². The fraction of sp³-hybridized carbons (Fsp3) is 0.444. The van der Waals surface area contributed by atoms with Crippen LogP contribution in [0.2, 0.25) is 0 Å². The first-order valence-corrected chi connectivity index (χ1v) is 18.4. The second-order valence-corrected chi connectivity index (χ2v) is 15.4. The number of benzene rings is 1. The highest BCUT2D eigenvalue weighted by atomic mass is 32.2. The molecule has 4 aliphatic rings. The van der Waals surface area contributed by atoms with Gasteiger partial charge in [-0.3, -0.25) is 19.5 Å². The lowest BCUT2D eigenvalue weighted by molar-refractivity contribution is -0.125. The number of carbonyl (C=O) groups excluding carboxylic acids is 1. The molecule has 3 aromatic heterocycles. The number of likely N-dealkylation sites (tertiary alicyclic amines) is 1. The van der Waals surface area contributed by atoms with Gasteiger partial charge in [0.2, 0.25) is 5.91 Å². The van der Waals surface area contributed by atoms with Crippen molar-refractivity contribution in [3.63, 3.8) is 0 Å². The number of sulfonamides is 1. The average molecular weight is 652 g/mol. The van der Waals surface area contributed by atoms with E-state index in [1.54, 1.807) is 17.0 Å². The minimum atomic E-state index is -3.92. The molecule has 1 amide bonds. The summed E-state index contributed by atoms with van der Waals surface area (Å²) >= 11 is 0. The Morgan fingerprint density at radius 3 is 2.34 bits per heavy atom. The maximum absolute atomic E-state index is 13.7. The third kappa shape index (κ3) is 5.14. The van der Waals surface area contributed by atoms with E-state index in [2.05, 4.69) is 25.6 Å². The summed E-state index contributed by atoms with van der Waals surface area (Å²) in [4.78, 5) is 34.0. The van der Waals surface area contributed by atoms with Crippen LogP contribution in [0.3, 0.4) is 0 Å². The largest absolute Gasteiger partial charge is 0.355 e. The fourth-order valence-electron chi connectivity index (χ4n) is 8.14. The van der Waals surface area contributed by atoms with E-state index in [0.29, 0.717) is 17.5 Å². The number of nitrogens with one attached hydrogen (secondary N) is 1. The Hall–Kier alpha value is -4.09. The van der Waals surface area contributed by atoms with Crippen molar-refractivity contribution in [2.45, 2.75) is 74.6 Å². The number of hydrogen-bond donors (Lipinski definition) is 1. The lowest BCUT2D eigenvalue weighted by atomic mass is 9.64. The summed E-state index contributed by atoms with van der Waals surface area (Å²) in [5.74, 6) is 0.786. The van der Waals surface area contributed by atoms with Crippen LogP contribution in [-0.2, 0) is 20.2 Å². The number of piperidine rings is 2. The zero-order valence-electron chi connectivity index (χ0n) is 27.1. The summed E-state index contributed by atoms with van der Waals surface area (Å²) in [6.45, 7) is 5.79. The third-order valence-electron chi connectivity index (χ3n) is 10.9. The Balaban J connectivity index is 1.17. The molecule has 6 heterocycles. The van der Waals surface area contributed by atoms with Gasteiger partial charge in [0, 0.05) is 60.8 Å². The summed E-state index contributed by atoms with van der Waals surface area (Å²) in [5.41, 5.74) is 5.18. The van der Waals surface area contributed by atoms with Crippen LogP contribution in [0.1, 0.15) is 62.6 Å². The number of carbonyl (C=O) groups is 1. The predicted octanol–water partition coefficient (Wildman–Crippen LogP) is 5.65. The molecule has 0 atom stereocenters. The van der Waals surface area contributed by atoms with Crippen LogP contribution >= 0.6 is 0 Å². The molecule has 3 fully saturated rings. The highest BCUT2D eigenvalue weighted by molar-refractivity contribution is 7.92. The first-order valence-electron chi connectivity index (χ1n) is 16.9. The first-order chi connectivity index (χ1) is 22.7. The maximum Gasteiger partial charge on any atom is 0.263 e. The minimum absolute atomic E-state index is 0.107. The fourth-order valence-corrected chi connectivity index (χ4v) is 9.13. The maximum atomic E-state index is 13.7. The summed E-state index contributed by atoms with van der Waals surface area (Å²) in [7, 11) is -2.09. The molecular weight excluding hydrogens is 611 g/mol. The van der Waals surface area contributed by atoms with E-state index in [-0.39, 0.29) is 10.8 Å². The van der Waals surface area contributed by atoms with E-state index in [1.807, 2.05) is 44.6 Å². The van der Waals surface area contributed by atoms with Gasteiger partial charge >= 0.3 is 0 Å². The van der Waals surface area contributed by atoms with Crippen LogP contribution in [0.4, 0.5) is 17.2 Å². The predicted molar refractivity (Wildman–Crippen MR) is 184 cm³/mol. The number of nitrogens with zero attached hydrogens (tertiary/aromatic N) is 6. The summed E-state index contributed by atoms with van der Waals surface area (Å²) in [6.07, 6.45) is 13.7. The number of hydrogen-bond acceptors (Lipinski definition) is 8. The Bertz CT molecular complexity index is 1960. The number of aryl methyl sites for hydroxylation is 1. The molecule has 1 aromatic carbocycles. The quantitative estimate of drug-likeness (QED) is 0.285. The standard InChI is InChI=1S/C36H41N7O3S/c1-24-7-9-28(22-37-24)47(45,46)40-31-20-26(21-39-34(31)43-17-11-27(12-18-43)42-15-4-3-5-16-42)25-8-10-30-29(19-25)33-32(23-38-30)41(2)35(44)36(33)13-6-14-36/h7-10,19-23,27,40H,3-6,11-18H2,1-2H3. The van der Waals surface area contributed by atoms with Gasteiger partial charge in [0.1, 0.15) is 4.90 Å². The summed E-state index contributed by atoms with van der Waals surface area (Å²) < 4.78 is 30.2. The van der Waals surface area contributed by atoms with E-state index in [4.69, 9.17) is 9.97 Å². The molecule has 1 N–H and O–H groups in total. The molecule has 10 nitrogen and oxygen atoms in total. The second-order valence-electron chi connectivity index (χ2n) is 13.7. The highest BCUT2D eigenvalue weighted by Crippen LogP contribution is 2.55. The van der Waals surface area contributed by atoms with Gasteiger partial charge < -0.3 is 14.7 Å². The van der Waals surface area contributed by atoms with Crippen LogP contribution in [-0.4, -0.2) is 73.4 Å². The van der Waals surface area contributed by atoms with Crippen molar-refractivity contribution in [2.75, 3.05) is 47.7 Å². The molecule has 244 valence electrons. The van der Waals surface area contributed by atoms with Crippen molar-refractivity contribution in [1.29, 1.82) is 0 Å². The molecule has 0 unspecified atom stereocenters.